The molecule has 0 bridgehead atoms. The lowest BCUT2D eigenvalue weighted by Crippen LogP contribution is -2.31. The molecule has 1 amide bonds. The van der Waals surface area contributed by atoms with Gasteiger partial charge in [0.25, 0.3) is 5.91 Å². The van der Waals surface area contributed by atoms with Crippen molar-refractivity contribution < 1.29 is 14.3 Å². The predicted octanol–water partition coefficient (Wildman–Crippen LogP) is 6.03. The zero-order valence-electron chi connectivity index (χ0n) is 18.7. The maximum atomic E-state index is 13.1. The van der Waals surface area contributed by atoms with Gasteiger partial charge in [-0.3, -0.25) is 14.8 Å². The van der Waals surface area contributed by atoms with Gasteiger partial charge in [-0.15, -0.1) is 22.7 Å². The minimum Gasteiger partial charge on any atom is -0.487 e. The third kappa shape index (κ3) is 4.38. The van der Waals surface area contributed by atoms with Crippen LogP contribution in [0.15, 0.2) is 77.9 Å². The number of nitrogens with zero attached hydrogens (tertiary/aromatic N) is 3. The molecular weight excluding hydrogens is 478 g/mol. The van der Waals surface area contributed by atoms with Gasteiger partial charge in [0.1, 0.15) is 18.1 Å². The van der Waals surface area contributed by atoms with Crippen LogP contribution in [0, 0.1) is 0 Å². The average molecular weight is 500 g/mol. The van der Waals surface area contributed by atoms with Crippen LogP contribution < -0.4 is 9.47 Å². The summed E-state index contributed by atoms with van der Waals surface area (Å²) < 4.78 is 13.7. The van der Waals surface area contributed by atoms with Crippen molar-refractivity contribution in [3.63, 3.8) is 0 Å². The van der Waals surface area contributed by atoms with E-state index in [1.54, 1.807) is 29.2 Å². The Hall–Kier alpha value is -3.75. The Balaban J connectivity index is 1.41. The zero-order valence-corrected chi connectivity index (χ0v) is 20.3. The summed E-state index contributed by atoms with van der Waals surface area (Å²) in [6.45, 7) is 1.63. The summed E-state index contributed by atoms with van der Waals surface area (Å²) in [6, 6.07) is 18.3. The number of aromatic nitrogens is 2. The largest absolute Gasteiger partial charge is 0.487 e. The molecule has 0 atom stereocenters. The van der Waals surface area contributed by atoms with E-state index in [1.165, 1.54) is 21.4 Å². The molecule has 1 aliphatic heterocycles. The number of benzene rings is 2. The van der Waals surface area contributed by atoms with Gasteiger partial charge in [0, 0.05) is 34.0 Å². The number of pyridine rings is 1. The SMILES string of the molecule is O=C(c1cncs1)N1CCOc2c(cc(-c3csc4ccccc34)cc2OCc2ccccn2)C1. The van der Waals surface area contributed by atoms with E-state index < -0.39 is 0 Å². The molecule has 5 aromatic rings. The molecule has 6 rings (SSSR count). The summed E-state index contributed by atoms with van der Waals surface area (Å²) in [5.41, 5.74) is 5.61. The van der Waals surface area contributed by atoms with E-state index in [2.05, 4.69) is 45.7 Å². The van der Waals surface area contributed by atoms with Crippen molar-refractivity contribution in [3.8, 4) is 22.6 Å². The van der Waals surface area contributed by atoms with Gasteiger partial charge < -0.3 is 14.4 Å². The molecule has 1 aliphatic rings. The van der Waals surface area contributed by atoms with Crippen LogP contribution in [0.25, 0.3) is 21.2 Å². The van der Waals surface area contributed by atoms with Crippen molar-refractivity contribution in [1.29, 1.82) is 0 Å². The van der Waals surface area contributed by atoms with Crippen molar-refractivity contribution >= 4 is 38.7 Å². The first-order chi connectivity index (χ1) is 17.3. The second kappa shape index (κ2) is 9.48. The first-order valence-corrected chi connectivity index (χ1v) is 13.0. The predicted molar refractivity (Wildman–Crippen MR) is 138 cm³/mol. The number of carbonyl (C=O) groups excluding carboxylic acids is 1. The molecule has 0 N–H and O–H groups in total. The van der Waals surface area contributed by atoms with Crippen LogP contribution in [-0.4, -0.2) is 33.9 Å². The van der Waals surface area contributed by atoms with Crippen LogP contribution >= 0.6 is 22.7 Å². The van der Waals surface area contributed by atoms with Crippen molar-refractivity contribution in [3.05, 3.63) is 94.0 Å². The molecule has 2 aromatic carbocycles. The lowest BCUT2D eigenvalue weighted by atomic mass is 10.0. The normalized spacial score (nSPS) is 13.2. The zero-order chi connectivity index (χ0) is 23.6. The van der Waals surface area contributed by atoms with Crippen LogP contribution in [-0.2, 0) is 13.2 Å². The minimum atomic E-state index is -0.0358. The van der Waals surface area contributed by atoms with Crippen molar-refractivity contribution in [2.45, 2.75) is 13.2 Å². The molecule has 0 aliphatic carbocycles. The highest BCUT2D eigenvalue weighted by Gasteiger charge is 2.25. The fourth-order valence-electron chi connectivity index (χ4n) is 4.23. The molecule has 174 valence electrons. The Morgan fingerprint density at radius 2 is 2.03 bits per heavy atom. The van der Waals surface area contributed by atoms with E-state index in [0.717, 1.165) is 22.4 Å². The highest BCUT2D eigenvalue weighted by atomic mass is 32.1. The van der Waals surface area contributed by atoms with E-state index >= 15 is 0 Å². The van der Waals surface area contributed by atoms with Gasteiger partial charge >= 0.3 is 0 Å². The molecule has 3 aromatic heterocycles. The smallest absolute Gasteiger partial charge is 0.265 e. The van der Waals surface area contributed by atoms with Gasteiger partial charge in [0.2, 0.25) is 0 Å². The Morgan fingerprint density at radius 3 is 2.89 bits per heavy atom. The second-order valence-electron chi connectivity index (χ2n) is 8.16. The number of ether oxygens (including phenoxy) is 2. The van der Waals surface area contributed by atoms with Crippen molar-refractivity contribution in [2.75, 3.05) is 13.2 Å². The van der Waals surface area contributed by atoms with Gasteiger partial charge in [-0.1, -0.05) is 24.3 Å². The first kappa shape index (κ1) is 21.8. The number of carbonyl (C=O) groups is 1. The molecule has 0 unspecified atom stereocenters. The van der Waals surface area contributed by atoms with Gasteiger partial charge in [-0.25, -0.2) is 0 Å². The maximum absolute atomic E-state index is 13.1. The summed E-state index contributed by atoms with van der Waals surface area (Å²) in [7, 11) is 0. The van der Waals surface area contributed by atoms with Gasteiger partial charge in [-0.2, -0.15) is 0 Å². The molecule has 0 saturated carbocycles. The number of hydrogen-bond donors (Lipinski definition) is 0. The van der Waals surface area contributed by atoms with Crippen LogP contribution in [0.1, 0.15) is 20.9 Å². The maximum Gasteiger partial charge on any atom is 0.265 e. The Labute approximate surface area is 210 Å². The monoisotopic (exact) mass is 499 g/mol. The van der Waals surface area contributed by atoms with Crippen molar-refractivity contribution in [2.24, 2.45) is 0 Å². The molecule has 0 fully saturated rings. The molecule has 6 nitrogen and oxygen atoms in total. The summed E-state index contributed by atoms with van der Waals surface area (Å²) >= 11 is 3.07. The van der Waals surface area contributed by atoms with Crippen LogP contribution in [0.2, 0.25) is 0 Å². The number of amides is 1. The number of hydrogen-bond acceptors (Lipinski definition) is 7. The van der Waals surface area contributed by atoms with E-state index in [1.807, 2.05) is 29.2 Å². The number of thiophene rings is 1. The standard InChI is InChI=1S/C27H21N3O3S2/c31-27(25-13-28-17-35-25)30-9-10-32-26-19(14-30)11-18(22-16-34-24-7-2-1-6-21(22)24)12-23(26)33-15-20-5-3-4-8-29-20/h1-8,11-13,16-17H,9-10,14-15H2. The van der Waals surface area contributed by atoms with E-state index in [0.29, 0.717) is 42.7 Å². The molecule has 4 heterocycles. The fourth-order valence-corrected chi connectivity index (χ4v) is 5.79. The van der Waals surface area contributed by atoms with Crippen LogP contribution in [0.5, 0.6) is 11.5 Å². The molecule has 8 heteroatoms. The van der Waals surface area contributed by atoms with E-state index in [-0.39, 0.29) is 5.91 Å². The van der Waals surface area contributed by atoms with E-state index in [4.69, 9.17) is 9.47 Å². The molecule has 0 radical (unpaired) electrons. The summed E-state index contributed by atoms with van der Waals surface area (Å²) in [5.74, 6) is 1.31. The lowest BCUT2D eigenvalue weighted by molar-refractivity contribution is 0.0737. The quantitative estimate of drug-likeness (QED) is 0.295. The summed E-state index contributed by atoms with van der Waals surface area (Å²) in [5, 5.41) is 3.37. The van der Waals surface area contributed by atoms with Crippen LogP contribution in [0.4, 0.5) is 0 Å². The van der Waals surface area contributed by atoms with Crippen molar-refractivity contribution in [1.82, 2.24) is 14.9 Å². The topological polar surface area (TPSA) is 64.6 Å². The average Bonchev–Trinajstić information content (AvgIpc) is 3.54. The number of rotatable bonds is 5. The summed E-state index contributed by atoms with van der Waals surface area (Å²) in [4.78, 5) is 24.0. The molecule has 0 saturated heterocycles. The number of thiazole rings is 1. The van der Waals surface area contributed by atoms with Gasteiger partial charge in [-0.05, 0) is 41.3 Å². The second-order valence-corrected chi connectivity index (χ2v) is 9.96. The molecule has 35 heavy (non-hydrogen) atoms. The minimum absolute atomic E-state index is 0.0358. The Morgan fingerprint density at radius 1 is 1.11 bits per heavy atom. The highest BCUT2D eigenvalue weighted by Crippen LogP contribution is 2.42. The van der Waals surface area contributed by atoms with Gasteiger partial charge in [0.05, 0.1) is 23.9 Å². The third-order valence-corrected chi connectivity index (χ3v) is 7.65. The number of fused-ring (bicyclic) bond motifs is 2. The van der Waals surface area contributed by atoms with Gasteiger partial charge in [0.15, 0.2) is 11.5 Å². The summed E-state index contributed by atoms with van der Waals surface area (Å²) in [6.07, 6.45) is 3.38. The first-order valence-electron chi connectivity index (χ1n) is 11.2. The third-order valence-electron chi connectivity index (χ3n) is 5.92. The lowest BCUT2D eigenvalue weighted by Gasteiger charge is -2.19. The van der Waals surface area contributed by atoms with Crippen LogP contribution in [0.3, 0.4) is 0 Å². The fraction of sp³-hybridized carbons (Fsp3) is 0.148. The Kier molecular flexibility index (Phi) is 5.89. The highest BCUT2D eigenvalue weighted by molar-refractivity contribution is 7.17. The molecule has 0 spiro atoms. The molecular formula is C27H21N3O3S2. The Bertz CT molecular complexity index is 1480. The van der Waals surface area contributed by atoms with E-state index in [9.17, 15) is 4.79 Å².